The molecule has 3 N–H and O–H groups in total. The van der Waals surface area contributed by atoms with Gasteiger partial charge in [-0.3, -0.25) is 0 Å². The second-order valence-corrected chi connectivity index (χ2v) is 6.96. The molecule has 0 aliphatic heterocycles. The van der Waals surface area contributed by atoms with Gasteiger partial charge in [0.15, 0.2) is 0 Å². The van der Waals surface area contributed by atoms with E-state index in [1.54, 1.807) is 6.07 Å². The van der Waals surface area contributed by atoms with Crippen LogP contribution in [0.5, 0.6) is 0 Å². The Morgan fingerprint density at radius 3 is 2.52 bits per heavy atom. The molecule has 0 saturated heterocycles. The van der Waals surface area contributed by atoms with Crippen LogP contribution in [0.25, 0.3) is 0 Å². The summed E-state index contributed by atoms with van der Waals surface area (Å²) in [4.78, 5) is 23.3. The molecule has 1 aliphatic rings. The minimum atomic E-state index is -1.10. The highest BCUT2D eigenvalue weighted by molar-refractivity contribution is 9.11. The molecule has 0 spiro atoms. The Labute approximate surface area is 139 Å². The van der Waals surface area contributed by atoms with E-state index in [0.29, 0.717) is 14.9 Å². The van der Waals surface area contributed by atoms with Crippen LogP contribution in [0.2, 0.25) is 0 Å². The van der Waals surface area contributed by atoms with Gasteiger partial charge in [0, 0.05) is 15.0 Å². The molecule has 0 aromatic heterocycles. The molecule has 1 atom stereocenters. The number of rotatable bonds is 4. The lowest BCUT2D eigenvalue weighted by Gasteiger charge is -2.31. The topological polar surface area (TPSA) is 78.4 Å². The lowest BCUT2D eigenvalue weighted by molar-refractivity contribution is 0.0698. The summed E-state index contributed by atoms with van der Waals surface area (Å²) in [6, 6.07) is 2.84. The van der Waals surface area contributed by atoms with Crippen LogP contribution in [0.15, 0.2) is 21.1 Å². The van der Waals surface area contributed by atoms with Crippen molar-refractivity contribution in [3.63, 3.8) is 0 Å². The highest BCUT2D eigenvalue weighted by Crippen LogP contribution is 2.32. The zero-order chi connectivity index (χ0) is 15.6. The number of hydrogen-bond acceptors (Lipinski definition) is 2. The molecule has 0 bridgehead atoms. The number of amides is 2. The van der Waals surface area contributed by atoms with E-state index in [1.807, 2.05) is 6.92 Å². The maximum Gasteiger partial charge on any atom is 0.337 e. The van der Waals surface area contributed by atoms with Crippen LogP contribution in [-0.4, -0.2) is 23.1 Å². The molecule has 0 heterocycles. The van der Waals surface area contributed by atoms with Gasteiger partial charge >= 0.3 is 12.0 Å². The number of nitrogens with one attached hydrogen (secondary N) is 2. The number of carbonyl (C=O) groups excluding carboxylic acids is 1. The molecule has 0 radical (unpaired) electrons. The van der Waals surface area contributed by atoms with Crippen molar-refractivity contribution in [3.8, 4) is 0 Å². The fourth-order valence-electron chi connectivity index (χ4n) is 2.28. The van der Waals surface area contributed by atoms with E-state index in [4.69, 9.17) is 0 Å². The lowest BCUT2D eigenvalue weighted by atomic mass is 9.80. The molecular weight excluding hydrogens is 404 g/mol. The summed E-state index contributed by atoms with van der Waals surface area (Å²) in [5.74, 6) is -0.581. The highest BCUT2D eigenvalue weighted by Gasteiger charge is 2.25. The fraction of sp³-hybridized carbons (Fsp3) is 0.429. The molecule has 2 rings (SSSR count). The van der Waals surface area contributed by atoms with E-state index in [1.165, 1.54) is 12.5 Å². The average molecular weight is 420 g/mol. The van der Waals surface area contributed by atoms with E-state index in [2.05, 4.69) is 42.5 Å². The lowest BCUT2D eigenvalue weighted by Crippen LogP contribution is -2.43. The van der Waals surface area contributed by atoms with Crippen LogP contribution in [0.3, 0.4) is 0 Å². The highest BCUT2D eigenvalue weighted by atomic mass is 79.9. The Morgan fingerprint density at radius 2 is 2.00 bits per heavy atom. The Hall–Kier alpha value is -1.08. The monoisotopic (exact) mass is 418 g/mol. The van der Waals surface area contributed by atoms with E-state index in [9.17, 15) is 14.7 Å². The van der Waals surface area contributed by atoms with Gasteiger partial charge in [0.1, 0.15) is 0 Å². The number of aromatic carboxylic acids is 1. The van der Waals surface area contributed by atoms with Gasteiger partial charge in [0.2, 0.25) is 0 Å². The van der Waals surface area contributed by atoms with Crippen LogP contribution in [0.1, 0.15) is 36.5 Å². The van der Waals surface area contributed by atoms with Crippen molar-refractivity contribution in [1.82, 2.24) is 5.32 Å². The molecule has 5 nitrogen and oxygen atoms in total. The standard InChI is InChI=1S/C14H16Br2N2O3/c1-7(8-3-2-4-8)17-14(21)18-12-10(13(19)20)5-9(15)6-11(12)16/h5-8H,2-4H2,1H3,(H,19,20)(H2,17,18,21). The van der Waals surface area contributed by atoms with E-state index in [-0.39, 0.29) is 23.3 Å². The maximum atomic E-state index is 12.0. The van der Waals surface area contributed by atoms with Gasteiger partial charge in [0.25, 0.3) is 0 Å². The summed E-state index contributed by atoms with van der Waals surface area (Å²) in [5, 5.41) is 14.7. The van der Waals surface area contributed by atoms with Gasteiger partial charge in [-0.15, -0.1) is 0 Å². The first kappa shape index (κ1) is 16.3. The van der Waals surface area contributed by atoms with Crippen molar-refractivity contribution >= 4 is 49.5 Å². The second-order valence-electron chi connectivity index (χ2n) is 5.19. The van der Waals surface area contributed by atoms with Crippen molar-refractivity contribution in [3.05, 3.63) is 26.6 Å². The Balaban J connectivity index is 2.11. The molecule has 114 valence electrons. The quantitative estimate of drug-likeness (QED) is 0.683. The minimum Gasteiger partial charge on any atom is -0.478 e. The van der Waals surface area contributed by atoms with Crippen LogP contribution in [0.4, 0.5) is 10.5 Å². The molecular formula is C14H16Br2N2O3. The third-order valence-corrected chi connectivity index (χ3v) is 4.82. The zero-order valence-corrected chi connectivity index (χ0v) is 14.6. The van der Waals surface area contributed by atoms with Crippen molar-refractivity contribution < 1.29 is 14.7 Å². The van der Waals surface area contributed by atoms with Gasteiger partial charge in [0.05, 0.1) is 11.3 Å². The zero-order valence-electron chi connectivity index (χ0n) is 11.5. The maximum absolute atomic E-state index is 12.0. The predicted molar refractivity (Wildman–Crippen MR) is 87.8 cm³/mol. The average Bonchev–Trinajstić information content (AvgIpc) is 2.29. The first-order valence-electron chi connectivity index (χ1n) is 6.68. The van der Waals surface area contributed by atoms with Crippen LogP contribution in [0, 0.1) is 5.92 Å². The van der Waals surface area contributed by atoms with Crippen molar-refractivity contribution in [2.45, 2.75) is 32.2 Å². The van der Waals surface area contributed by atoms with Gasteiger partial charge in [-0.25, -0.2) is 9.59 Å². The summed E-state index contributed by atoms with van der Waals surface area (Å²) in [5.41, 5.74) is 0.284. The second kappa shape index (κ2) is 6.79. The number of hydrogen-bond donors (Lipinski definition) is 3. The number of benzene rings is 1. The van der Waals surface area contributed by atoms with Gasteiger partial charge in [-0.05, 0) is 53.7 Å². The molecule has 1 saturated carbocycles. The summed E-state index contributed by atoms with van der Waals surface area (Å²) in [6.45, 7) is 1.97. The van der Waals surface area contributed by atoms with Crippen molar-refractivity contribution in [2.24, 2.45) is 5.92 Å². The largest absolute Gasteiger partial charge is 0.478 e. The molecule has 1 aromatic carbocycles. The Bertz CT molecular complexity index is 574. The van der Waals surface area contributed by atoms with Gasteiger partial charge in [-0.2, -0.15) is 0 Å². The van der Waals surface area contributed by atoms with Crippen molar-refractivity contribution in [2.75, 3.05) is 5.32 Å². The minimum absolute atomic E-state index is 0.0303. The summed E-state index contributed by atoms with van der Waals surface area (Å²) in [6.07, 6.45) is 3.47. The summed E-state index contributed by atoms with van der Waals surface area (Å²) < 4.78 is 1.14. The number of carboxylic acid groups (broad SMARTS) is 1. The molecule has 1 aliphatic carbocycles. The fourth-order valence-corrected chi connectivity index (χ4v) is 3.61. The first-order valence-corrected chi connectivity index (χ1v) is 8.27. The third kappa shape index (κ3) is 3.97. The van der Waals surface area contributed by atoms with E-state index < -0.39 is 5.97 Å². The molecule has 21 heavy (non-hydrogen) atoms. The Kier molecular flexibility index (Phi) is 5.27. The van der Waals surface area contributed by atoms with Crippen LogP contribution in [-0.2, 0) is 0 Å². The normalized spacial score (nSPS) is 16.0. The number of carbonyl (C=O) groups is 2. The number of carboxylic acids is 1. The first-order chi connectivity index (χ1) is 9.88. The molecule has 2 amide bonds. The number of urea groups is 1. The summed E-state index contributed by atoms with van der Waals surface area (Å²) >= 11 is 6.52. The smallest absolute Gasteiger partial charge is 0.337 e. The SMILES string of the molecule is CC(NC(=O)Nc1c(Br)cc(Br)cc1C(=O)O)C1CCC1. The molecule has 1 unspecified atom stereocenters. The summed E-state index contributed by atoms with van der Waals surface area (Å²) in [7, 11) is 0. The van der Waals surface area contributed by atoms with Crippen molar-refractivity contribution in [1.29, 1.82) is 0 Å². The van der Waals surface area contributed by atoms with E-state index >= 15 is 0 Å². The third-order valence-electron chi connectivity index (χ3n) is 3.74. The van der Waals surface area contributed by atoms with Crippen LogP contribution < -0.4 is 10.6 Å². The molecule has 7 heteroatoms. The van der Waals surface area contributed by atoms with Gasteiger partial charge in [-0.1, -0.05) is 22.4 Å². The molecule has 1 aromatic rings. The molecule has 1 fully saturated rings. The number of halogens is 2. The van der Waals surface area contributed by atoms with E-state index in [0.717, 1.165) is 12.8 Å². The van der Waals surface area contributed by atoms with Crippen LogP contribution >= 0.6 is 31.9 Å². The Morgan fingerprint density at radius 1 is 1.33 bits per heavy atom. The predicted octanol–water partition coefficient (Wildman–Crippen LogP) is 4.22. The number of anilines is 1. The van der Waals surface area contributed by atoms with Gasteiger partial charge < -0.3 is 15.7 Å².